The van der Waals surface area contributed by atoms with Crippen LogP contribution in [0.1, 0.15) is 5.56 Å². The summed E-state index contributed by atoms with van der Waals surface area (Å²) in [6.45, 7) is -0.157. The van der Waals surface area contributed by atoms with Gasteiger partial charge in [-0.05, 0) is 34.5 Å². The van der Waals surface area contributed by atoms with E-state index in [9.17, 15) is 14.0 Å². The van der Waals surface area contributed by atoms with E-state index in [2.05, 4.69) is 20.8 Å². The minimum Gasteiger partial charge on any atom is -0.454 e. The van der Waals surface area contributed by atoms with Crippen LogP contribution in [0.25, 0.3) is 0 Å². The number of halogens is 1. The van der Waals surface area contributed by atoms with Gasteiger partial charge in [0, 0.05) is 6.54 Å². The number of nitrogens with one attached hydrogen (secondary N) is 1. The molecule has 0 bridgehead atoms. The van der Waals surface area contributed by atoms with Gasteiger partial charge in [0.1, 0.15) is 18.7 Å². The van der Waals surface area contributed by atoms with Gasteiger partial charge in [-0.2, -0.15) is 0 Å². The van der Waals surface area contributed by atoms with E-state index in [0.717, 1.165) is 5.56 Å². The molecule has 0 saturated carbocycles. The van der Waals surface area contributed by atoms with Crippen molar-refractivity contribution in [2.45, 2.75) is 13.0 Å². The monoisotopic (exact) mass is 307 g/mol. The minimum atomic E-state index is -0.610. The van der Waals surface area contributed by atoms with Crippen LogP contribution in [0.5, 0.6) is 0 Å². The predicted molar refractivity (Wildman–Crippen MR) is 71.9 cm³/mol. The molecule has 2 aromatic rings. The Kier molecular flexibility index (Phi) is 5.52. The Hall–Kier alpha value is -2.84. The first-order valence-electron chi connectivity index (χ1n) is 6.51. The molecule has 0 unspecified atom stereocenters. The molecule has 8 nitrogen and oxygen atoms in total. The molecule has 0 radical (unpaired) electrons. The number of nitrogens with zero attached hydrogens (tertiary/aromatic N) is 4. The van der Waals surface area contributed by atoms with Crippen molar-refractivity contribution in [1.29, 1.82) is 0 Å². The molecule has 2 rings (SSSR count). The van der Waals surface area contributed by atoms with Crippen molar-refractivity contribution in [2.75, 3.05) is 13.2 Å². The lowest BCUT2D eigenvalue weighted by molar-refractivity contribution is -0.149. The first-order valence-corrected chi connectivity index (χ1v) is 6.51. The zero-order valence-electron chi connectivity index (χ0n) is 11.6. The molecule has 1 heterocycles. The molecule has 1 amide bonds. The molecule has 22 heavy (non-hydrogen) atoms. The van der Waals surface area contributed by atoms with Crippen LogP contribution in [-0.2, 0) is 27.3 Å². The Balaban J connectivity index is 1.61. The van der Waals surface area contributed by atoms with E-state index in [1.807, 2.05) is 0 Å². The molecule has 116 valence electrons. The molecule has 1 N–H and O–H groups in total. The Morgan fingerprint density at radius 3 is 2.73 bits per heavy atom. The van der Waals surface area contributed by atoms with Gasteiger partial charge in [-0.3, -0.25) is 9.59 Å². The van der Waals surface area contributed by atoms with E-state index >= 15 is 0 Å². The fourth-order valence-electron chi connectivity index (χ4n) is 1.63. The van der Waals surface area contributed by atoms with E-state index < -0.39 is 11.9 Å². The van der Waals surface area contributed by atoms with Gasteiger partial charge in [0.05, 0.1) is 0 Å². The molecule has 0 aliphatic carbocycles. The van der Waals surface area contributed by atoms with Gasteiger partial charge in [0.25, 0.3) is 5.91 Å². The number of carbonyl (C=O) groups is 2. The number of ether oxygens (including phenoxy) is 1. The molecule has 0 spiro atoms. The number of hydrogen-bond acceptors (Lipinski definition) is 6. The summed E-state index contributed by atoms with van der Waals surface area (Å²) < 4.78 is 18.7. The van der Waals surface area contributed by atoms with E-state index in [-0.39, 0.29) is 19.0 Å². The maximum Gasteiger partial charge on any atom is 0.328 e. The summed E-state index contributed by atoms with van der Waals surface area (Å²) in [6.07, 6.45) is 1.83. The predicted octanol–water partition coefficient (Wildman–Crippen LogP) is -0.286. The van der Waals surface area contributed by atoms with E-state index in [0.29, 0.717) is 13.0 Å². The smallest absolute Gasteiger partial charge is 0.328 e. The number of tetrazole rings is 1. The largest absolute Gasteiger partial charge is 0.454 e. The second-order valence-corrected chi connectivity index (χ2v) is 4.39. The van der Waals surface area contributed by atoms with Gasteiger partial charge < -0.3 is 10.1 Å². The van der Waals surface area contributed by atoms with Crippen LogP contribution in [0.4, 0.5) is 4.39 Å². The van der Waals surface area contributed by atoms with Crippen LogP contribution in [0.2, 0.25) is 0 Å². The number of esters is 1. The highest BCUT2D eigenvalue weighted by atomic mass is 19.1. The van der Waals surface area contributed by atoms with Crippen LogP contribution in [-0.4, -0.2) is 45.2 Å². The Labute approximate surface area is 125 Å². The lowest BCUT2D eigenvalue weighted by atomic mass is 10.1. The molecule has 9 heteroatoms. The Bertz CT molecular complexity index is 615. The number of amides is 1. The number of hydrogen-bond donors (Lipinski definition) is 1. The van der Waals surface area contributed by atoms with Gasteiger partial charge in [-0.1, -0.05) is 12.1 Å². The quantitative estimate of drug-likeness (QED) is 0.706. The van der Waals surface area contributed by atoms with Crippen molar-refractivity contribution in [3.63, 3.8) is 0 Å². The van der Waals surface area contributed by atoms with E-state index in [4.69, 9.17) is 4.74 Å². The fourth-order valence-corrected chi connectivity index (χ4v) is 1.63. The van der Waals surface area contributed by atoms with E-state index in [1.165, 1.54) is 23.1 Å². The normalized spacial score (nSPS) is 10.2. The number of aromatic nitrogens is 4. The summed E-state index contributed by atoms with van der Waals surface area (Å²) in [7, 11) is 0. The summed E-state index contributed by atoms with van der Waals surface area (Å²) in [5, 5.41) is 12.8. The van der Waals surface area contributed by atoms with Gasteiger partial charge >= 0.3 is 5.97 Å². The first-order chi connectivity index (χ1) is 10.6. The van der Waals surface area contributed by atoms with Crippen molar-refractivity contribution in [3.8, 4) is 0 Å². The lowest BCUT2D eigenvalue weighted by Gasteiger charge is -2.06. The van der Waals surface area contributed by atoms with Crippen LogP contribution < -0.4 is 5.32 Å². The second-order valence-electron chi connectivity index (χ2n) is 4.39. The summed E-state index contributed by atoms with van der Waals surface area (Å²) in [5.41, 5.74) is 0.900. The number of carbonyl (C=O) groups excluding carboxylic acids is 2. The number of rotatable bonds is 7. The Morgan fingerprint density at radius 2 is 2.05 bits per heavy atom. The van der Waals surface area contributed by atoms with Crippen molar-refractivity contribution in [3.05, 3.63) is 42.0 Å². The van der Waals surface area contributed by atoms with Crippen LogP contribution in [0, 0.1) is 5.82 Å². The van der Waals surface area contributed by atoms with Crippen LogP contribution in [0.3, 0.4) is 0 Å². The summed E-state index contributed by atoms with van der Waals surface area (Å²) in [5.74, 6) is -1.32. The van der Waals surface area contributed by atoms with Gasteiger partial charge in [-0.25, -0.2) is 9.07 Å². The fraction of sp³-hybridized carbons (Fsp3) is 0.308. The van der Waals surface area contributed by atoms with Gasteiger partial charge in [-0.15, -0.1) is 5.10 Å². The molecule has 1 aromatic carbocycles. The molecule has 0 aliphatic rings. The zero-order valence-corrected chi connectivity index (χ0v) is 11.6. The highest BCUT2D eigenvalue weighted by molar-refractivity contribution is 5.80. The molecular formula is C13H14FN5O3. The molecule has 0 atom stereocenters. The van der Waals surface area contributed by atoms with Crippen LogP contribution >= 0.6 is 0 Å². The third-order valence-corrected chi connectivity index (χ3v) is 2.70. The molecule has 0 fully saturated rings. The van der Waals surface area contributed by atoms with Crippen molar-refractivity contribution in [2.24, 2.45) is 0 Å². The maximum absolute atomic E-state index is 12.7. The Morgan fingerprint density at radius 1 is 1.27 bits per heavy atom. The van der Waals surface area contributed by atoms with Gasteiger partial charge in [0.15, 0.2) is 6.61 Å². The zero-order chi connectivity index (χ0) is 15.8. The van der Waals surface area contributed by atoms with Crippen molar-refractivity contribution >= 4 is 11.9 Å². The number of benzene rings is 1. The minimum absolute atomic E-state index is 0.157. The van der Waals surface area contributed by atoms with Gasteiger partial charge in [0.2, 0.25) is 0 Å². The highest BCUT2D eigenvalue weighted by Crippen LogP contribution is 2.02. The maximum atomic E-state index is 12.7. The average Bonchev–Trinajstić information content (AvgIpc) is 3.00. The average molecular weight is 307 g/mol. The second kappa shape index (κ2) is 7.81. The molecule has 0 saturated heterocycles. The lowest BCUT2D eigenvalue weighted by Crippen LogP contribution is -2.31. The van der Waals surface area contributed by atoms with Crippen LogP contribution in [0.15, 0.2) is 30.6 Å². The first kappa shape index (κ1) is 15.5. The molecular weight excluding hydrogens is 293 g/mol. The van der Waals surface area contributed by atoms with Crippen molar-refractivity contribution < 1.29 is 18.7 Å². The van der Waals surface area contributed by atoms with E-state index in [1.54, 1.807) is 12.1 Å². The SMILES string of the molecule is O=C(COC(=O)Cn1cnnn1)NCCc1ccc(F)cc1. The third kappa shape index (κ3) is 5.27. The summed E-state index contributed by atoms with van der Waals surface area (Å²) >= 11 is 0. The third-order valence-electron chi connectivity index (χ3n) is 2.70. The summed E-state index contributed by atoms with van der Waals surface area (Å²) in [4.78, 5) is 22.9. The molecule has 1 aromatic heterocycles. The highest BCUT2D eigenvalue weighted by Gasteiger charge is 2.08. The van der Waals surface area contributed by atoms with Crippen molar-refractivity contribution in [1.82, 2.24) is 25.5 Å². The summed E-state index contributed by atoms with van der Waals surface area (Å²) in [6, 6.07) is 6.01. The molecule has 0 aliphatic heterocycles. The standard InChI is InChI=1S/C13H14FN5O3/c14-11-3-1-10(2-4-11)5-6-15-12(20)8-22-13(21)7-19-9-16-17-18-19/h1-4,9H,5-8H2,(H,15,20). The topological polar surface area (TPSA) is 99.0 Å².